The van der Waals surface area contributed by atoms with Gasteiger partial charge in [-0.1, -0.05) is 0 Å². The highest BCUT2D eigenvalue weighted by Gasteiger charge is 2.30. The molecule has 2 amide bonds. The van der Waals surface area contributed by atoms with Crippen LogP contribution in [0.4, 0.5) is 4.79 Å². The lowest BCUT2D eigenvalue weighted by Crippen LogP contribution is -2.45. The molecule has 1 aliphatic carbocycles. The quantitative estimate of drug-likeness (QED) is 0.662. The minimum absolute atomic E-state index is 0.0271. The van der Waals surface area contributed by atoms with E-state index < -0.39 is 5.97 Å². The van der Waals surface area contributed by atoms with Gasteiger partial charge in [0.15, 0.2) is 0 Å². The molecule has 104 valence electrons. The Bertz CT molecular complexity index is 296. The molecule has 3 unspecified atom stereocenters. The Labute approximate surface area is 107 Å². The van der Waals surface area contributed by atoms with Crippen molar-refractivity contribution < 1.29 is 19.4 Å². The van der Waals surface area contributed by atoms with Gasteiger partial charge in [-0.2, -0.15) is 0 Å². The molecular formula is C12H22N2O4. The maximum absolute atomic E-state index is 11.6. The zero-order valence-electron chi connectivity index (χ0n) is 10.9. The first-order valence-corrected chi connectivity index (χ1v) is 6.31. The number of carboxylic acids is 1. The van der Waals surface area contributed by atoms with Gasteiger partial charge in [0.05, 0.1) is 5.92 Å². The van der Waals surface area contributed by atoms with Gasteiger partial charge in [-0.05, 0) is 32.6 Å². The maximum Gasteiger partial charge on any atom is 0.315 e. The molecule has 0 radical (unpaired) electrons. The van der Waals surface area contributed by atoms with Gasteiger partial charge in [0.25, 0.3) is 0 Å². The molecule has 0 bridgehead atoms. The van der Waals surface area contributed by atoms with Crippen LogP contribution in [0.5, 0.6) is 0 Å². The second kappa shape index (κ2) is 7.20. The van der Waals surface area contributed by atoms with Crippen molar-refractivity contribution in [3.63, 3.8) is 0 Å². The Kier molecular flexibility index (Phi) is 5.91. The predicted octanol–water partition coefficient (Wildman–Crippen LogP) is 0.964. The van der Waals surface area contributed by atoms with Crippen LogP contribution in [-0.4, -0.2) is 42.9 Å². The van der Waals surface area contributed by atoms with Crippen molar-refractivity contribution in [1.29, 1.82) is 0 Å². The van der Waals surface area contributed by atoms with E-state index in [-0.39, 0.29) is 24.0 Å². The van der Waals surface area contributed by atoms with Crippen LogP contribution in [0, 0.1) is 5.92 Å². The van der Waals surface area contributed by atoms with Crippen LogP contribution in [0.15, 0.2) is 0 Å². The first-order valence-electron chi connectivity index (χ1n) is 6.31. The summed E-state index contributed by atoms with van der Waals surface area (Å²) in [6.45, 7) is 2.51. The van der Waals surface area contributed by atoms with Crippen LogP contribution in [0.1, 0.15) is 32.6 Å². The number of carbonyl (C=O) groups is 2. The van der Waals surface area contributed by atoms with Crippen molar-refractivity contribution in [3.8, 4) is 0 Å². The highest BCUT2D eigenvalue weighted by atomic mass is 16.5. The number of hydrogen-bond donors (Lipinski definition) is 3. The highest BCUT2D eigenvalue weighted by Crippen LogP contribution is 2.25. The molecule has 0 spiro atoms. The first kappa shape index (κ1) is 14.8. The molecule has 18 heavy (non-hydrogen) atoms. The number of carboxylic acid groups (broad SMARTS) is 1. The van der Waals surface area contributed by atoms with E-state index in [0.29, 0.717) is 19.4 Å². The van der Waals surface area contributed by atoms with Crippen molar-refractivity contribution in [2.75, 3.05) is 13.7 Å². The topological polar surface area (TPSA) is 87.7 Å². The summed E-state index contributed by atoms with van der Waals surface area (Å²) < 4.78 is 4.93. The Morgan fingerprint density at radius 3 is 2.72 bits per heavy atom. The molecule has 3 atom stereocenters. The maximum atomic E-state index is 11.6. The molecule has 0 aromatic carbocycles. The molecule has 1 saturated carbocycles. The van der Waals surface area contributed by atoms with Gasteiger partial charge in [0, 0.05) is 25.8 Å². The Balaban J connectivity index is 2.23. The molecule has 0 aliphatic heterocycles. The third-order valence-electron chi connectivity index (χ3n) is 3.25. The summed E-state index contributed by atoms with van der Waals surface area (Å²) in [6.07, 6.45) is 2.65. The molecule has 0 aromatic rings. The average Bonchev–Trinajstić information content (AvgIpc) is 2.74. The first-order chi connectivity index (χ1) is 8.52. The summed E-state index contributed by atoms with van der Waals surface area (Å²) >= 11 is 0. The lowest BCUT2D eigenvalue weighted by Gasteiger charge is -2.17. The van der Waals surface area contributed by atoms with E-state index in [1.807, 2.05) is 6.92 Å². The average molecular weight is 258 g/mol. The number of carbonyl (C=O) groups excluding carboxylic acids is 1. The van der Waals surface area contributed by atoms with E-state index in [4.69, 9.17) is 9.84 Å². The molecule has 6 heteroatoms. The Morgan fingerprint density at radius 1 is 1.44 bits per heavy atom. The fourth-order valence-electron chi connectivity index (χ4n) is 2.15. The summed E-state index contributed by atoms with van der Waals surface area (Å²) in [4.78, 5) is 22.4. The monoisotopic (exact) mass is 258 g/mol. The van der Waals surface area contributed by atoms with E-state index in [1.165, 1.54) is 0 Å². The lowest BCUT2D eigenvalue weighted by molar-refractivity contribution is -0.141. The van der Waals surface area contributed by atoms with Crippen molar-refractivity contribution in [1.82, 2.24) is 10.6 Å². The normalized spacial score (nSPS) is 24.6. The third-order valence-corrected chi connectivity index (χ3v) is 3.25. The minimum atomic E-state index is -0.770. The molecule has 3 N–H and O–H groups in total. The zero-order chi connectivity index (χ0) is 13.5. The van der Waals surface area contributed by atoms with Crippen molar-refractivity contribution in [3.05, 3.63) is 0 Å². The smallest absolute Gasteiger partial charge is 0.315 e. The van der Waals surface area contributed by atoms with Crippen LogP contribution in [-0.2, 0) is 9.53 Å². The van der Waals surface area contributed by atoms with E-state index in [0.717, 1.165) is 12.8 Å². The summed E-state index contributed by atoms with van der Waals surface area (Å²) in [7, 11) is 1.62. The molecule has 6 nitrogen and oxygen atoms in total. The zero-order valence-corrected chi connectivity index (χ0v) is 10.9. The molecule has 1 fully saturated rings. The van der Waals surface area contributed by atoms with Crippen molar-refractivity contribution in [2.45, 2.75) is 44.7 Å². The van der Waals surface area contributed by atoms with Crippen LogP contribution >= 0.6 is 0 Å². The Morgan fingerprint density at radius 2 is 2.17 bits per heavy atom. The fraction of sp³-hybridized carbons (Fsp3) is 0.833. The number of aliphatic carboxylic acids is 1. The minimum Gasteiger partial charge on any atom is -0.481 e. The number of nitrogens with one attached hydrogen (secondary N) is 2. The van der Waals surface area contributed by atoms with E-state index in [1.54, 1.807) is 7.11 Å². The molecule has 0 aromatic heterocycles. The summed E-state index contributed by atoms with van der Waals surface area (Å²) in [5.74, 6) is -1.09. The number of urea groups is 1. The molecule has 1 rings (SSSR count). The lowest BCUT2D eigenvalue weighted by atomic mass is 10.1. The van der Waals surface area contributed by atoms with Crippen molar-refractivity contribution >= 4 is 12.0 Å². The van der Waals surface area contributed by atoms with Crippen LogP contribution in [0.25, 0.3) is 0 Å². The largest absolute Gasteiger partial charge is 0.481 e. The number of methoxy groups -OCH3 is 1. The molecule has 1 aliphatic rings. The van der Waals surface area contributed by atoms with Gasteiger partial charge < -0.3 is 20.5 Å². The third kappa shape index (κ3) is 4.91. The summed E-state index contributed by atoms with van der Waals surface area (Å²) in [5.41, 5.74) is 0. The van der Waals surface area contributed by atoms with Gasteiger partial charge >= 0.3 is 12.0 Å². The predicted molar refractivity (Wildman–Crippen MR) is 66.4 cm³/mol. The SMILES string of the molecule is COCCC(C)NC(=O)NC1CCC(C(=O)O)C1. The number of ether oxygens (including phenoxy) is 1. The van der Waals surface area contributed by atoms with Crippen molar-refractivity contribution in [2.24, 2.45) is 5.92 Å². The van der Waals surface area contributed by atoms with Gasteiger partial charge in [-0.3, -0.25) is 4.79 Å². The van der Waals surface area contributed by atoms with Gasteiger partial charge in [-0.15, -0.1) is 0 Å². The van der Waals surface area contributed by atoms with Gasteiger partial charge in [0.1, 0.15) is 0 Å². The molecule has 0 heterocycles. The second-order valence-corrected chi connectivity index (χ2v) is 4.85. The second-order valence-electron chi connectivity index (χ2n) is 4.85. The Hall–Kier alpha value is -1.30. The van der Waals surface area contributed by atoms with Crippen LogP contribution in [0.2, 0.25) is 0 Å². The number of rotatable bonds is 6. The standard InChI is InChI=1S/C12H22N2O4/c1-8(5-6-18-2)13-12(17)14-10-4-3-9(7-10)11(15)16/h8-10H,3-7H2,1-2H3,(H,15,16)(H2,13,14,17). The highest BCUT2D eigenvalue weighted by molar-refractivity contribution is 5.75. The van der Waals surface area contributed by atoms with E-state index in [2.05, 4.69) is 10.6 Å². The van der Waals surface area contributed by atoms with E-state index >= 15 is 0 Å². The van der Waals surface area contributed by atoms with E-state index in [9.17, 15) is 9.59 Å². The van der Waals surface area contributed by atoms with Crippen LogP contribution in [0.3, 0.4) is 0 Å². The van der Waals surface area contributed by atoms with Gasteiger partial charge in [-0.25, -0.2) is 4.79 Å². The molecule has 0 saturated heterocycles. The summed E-state index contributed by atoms with van der Waals surface area (Å²) in [5, 5.41) is 14.5. The van der Waals surface area contributed by atoms with Crippen LogP contribution < -0.4 is 10.6 Å². The number of amides is 2. The fourth-order valence-corrected chi connectivity index (χ4v) is 2.15. The summed E-state index contributed by atoms with van der Waals surface area (Å²) in [6, 6.07) is -0.211. The van der Waals surface area contributed by atoms with Gasteiger partial charge in [0.2, 0.25) is 0 Å². The molecular weight excluding hydrogens is 236 g/mol. The number of hydrogen-bond acceptors (Lipinski definition) is 3.